The molecule has 1 aliphatic heterocycles. The van der Waals surface area contributed by atoms with Crippen molar-refractivity contribution in [1.82, 2.24) is 9.21 Å². The largest absolute Gasteiger partial charge is 0.511 e. The van der Waals surface area contributed by atoms with Crippen LogP contribution < -0.4 is 4.74 Å². The minimum atomic E-state index is -5.48. The molecule has 0 aromatic heterocycles. The Morgan fingerprint density at radius 3 is 2.26 bits per heavy atom. The van der Waals surface area contributed by atoms with Gasteiger partial charge in [-0.25, -0.2) is 8.42 Å². The van der Waals surface area contributed by atoms with Crippen LogP contribution >= 0.6 is 0 Å². The summed E-state index contributed by atoms with van der Waals surface area (Å²) in [4.78, 5) is 40.7. The zero-order valence-corrected chi connectivity index (χ0v) is 22.8. The highest BCUT2D eigenvalue weighted by atomic mass is 32.2. The van der Waals surface area contributed by atoms with E-state index in [0.717, 1.165) is 6.92 Å². The van der Waals surface area contributed by atoms with Gasteiger partial charge in [0, 0.05) is 55.7 Å². The molecule has 226 valence electrons. The summed E-state index contributed by atoms with van der Waals surface area (Å²) in [5.74, 6) is -4.19. The highest BCUT2D eigenvalue weighted by Crippen LogP contribution is 2.51. The number of alkyl halides is 3. The first-order valence-electron chi connectivity index (χ1n) is 12.7. The van der Waals surface area contributed by atoms with E-state index in [0.29, 0.717) is 4.31 Å². The number of phenols is 2. The molecule has 2 aromatic carbocycles. The molecule has 3 aliphatic rings. The maximum absolute atomic E-state index is 13.7. The molecule has 2 aliphatic carbocycles. The van der Waals surface area contributed by atoms with E-state index < -0.39 is 93.1 Å². The SMILES string of the molecule is CC(=O)C1(O)Cc2c(O)c3c(c(O)c2C(O)C1)C(=O)c1c(OCN2CCN(S(=O)(=O)C(F)(F)F)CC2)cccc1C3=O. The Labute approximate surface area is 236 Å². The number of aliphatic hydroxyl groups is 2. The van der Waals surface area contributed by atoms with Gasteiger partial charge in [-0.1, -0.05) is 12.1 Å². The number of hydrogen-bond acceptors (Lipinski definition) is 11. The number of benzene rings is 2. The molecule has 1 saturated heterocycles. The average Bonchev–Trinajstić information content (AvgIpc) is 2.91. The molecule has 1 heterocycles. The molecule has 42 heavy (non-hydrogen) atoms. The van der Waals surface area contributed by atoms with Crippen molar-refractivity contribution in [2.24, 2.45) is 0 Å². The summed E-state index contributed by atoms with van der Waals surface area (Å²) in [5.41, 5.74) is -9.68. The van der Waals surface area contributed by atoms with Crippen molar-refractivity contribution in [3.05, 3.63) is 51.6 Å². The van der Waals surface area contributed by atoms with Gasteiger partial charge < -0.3 is 25.2 Å². The Balaban J connectivity index is 1.44. The molecule has 5 rings (SSSR count). The maximum Gasteiger partial charge on any atom is 0.511 e. The number of hydrogen-bond donors (Lipinski definition) is 4. The van der Waals surface area contributed by atoms with Gasteiger partial charge in [0.1, 0.15) is 29.6 Å². The summed E-state index contributed by atoms with van der Waals surface area (Å²) in [6, 6.07) is 4.01. The number of phenolic OH excluding ortho intramolecular Hbond substituents is 2. The van der Waals surface area contributed by atoms with Crippen molar-refractivity contribution in [3.8, 4) is 17.2 Å². The van der Waals surface area contributed by atoms with Crippen LogP contribution in [0.15, 0.2) is 18.2 Å². The lowest BCUT2D eigenvalue weighted by Crippen LogP contribution is -2.52. The van der Waals surface area contributed by atoms with E-state index in [9.17, 15) is 56.4 Å². The molecule has 2 aromatic rings. The van der Waals surface area contributed by atoms with Crippen molar-refractivity contribution in [3.63, 3.8) is 0 Å². The summed E-state index contributed by atoms with van der Waals surface area (Å²) in [5, 5.41) is 43.5. The van der Waals surface area contributed by atoms with Crippen LogP contribution in [0.3, 0.4) is 0 Å². The number of fused-ring (bicyclic) bond motifs is 3. The second kappa shape index (κ2) is 10.0. The predicted molar refractivity (Wildman–Crippen MR) is 136 cm³/mol. The van der Waals surface area contributed by atoms with E-state index in [1.54, 1.807) is 0 Å². The van der Waals surface area contributed by atoms with Gasteiger partial charge in [0.25, 0.3) is 0 Å². The van der Waals surface area contributed by atoms with Gasteiger partial charge in [0.05, 0.1) is 22.8 Å². The number of nitrogens with zero attached hydrogens (tertiary/aromatic N) is 2. The number of ether oxygens (including phenoxy) is 1. The monoisotopic (exact) mass is 614 g/mol. The van der Waals surface area contributed by atoms with Crippen LogP contribution in [0.4, 0.5) is 13.2 Å². The third-order valence-electron chi connectivity index (χ3n) is 7.90. The minimum absolute atomic E-state index is 0.120. The number of ketones is 3. The van der Waals surface area contributed by atoms with E-state index in [2.05, 4.69) is 0 Å². The highest BCUT2D eigenvalue weighted by molar-refractivity contribution is 7.90. The van der Waals surface area contributed by atoms with Gasteiger partial charge in [-0.15, -0.1) is 0 Å². The number of rotatable bonds is 5. The van der Waals surface area contributed by atoms with Crippen LogP contribution in [0.25, 0.3) is 0 Å². The molecule has 16 heteroatoms. The molecular formula is C26H25F3N2O10S. The zero-order valence-electron chi connectivity index (χ0n) is 21.9. The van der Waals surface area contributed by atoms with Crippen LogP contribution in [-0.4, -0.2) is 99.4 Å². The van der Waals surface area contributed by atoms with E-state index in [4.69, 9.17) is 4.74 Å². The van der Waals surface area contributed by atoms with Gasteiger partial charge in [-0.2, -0.15) is 17.5 Å². The van der Waals surface area contributed by atoms with Gasteiger partial charge in [0.15, 0.2) is 11.6 Å². The average molecular weight is 615 g/mol. The van der Waals surface area contributed by atoms with Gasteiger partial charge in [-0.05, 0) is 13.0 Å². The summed E-state index contributed by atoms with van der Waals surface area (Å²) < 4.78 is 67.9. The second-order valence-corrected chi connectivity index (χ2v) is 12.3. The van der Waals surface area contributed by atoms with Gasteiger partial charge >= 0.3 is 15.5 Å². The van der Waals surface area contributed by atoms with Crippen LogP contribution in [-0.2, 0) is 21.2 Å². The molecule has 0 radical (unpaired) electrons. The number of aliphatic hydroxyl groups excluding tert-OH is 1. The lowest BCUT2D eigenvalue weighted by Gasteiger charge is -2.36. The van der Waals surface area contributed by atoms with Crippen molar-refractivity contribution >= 4 is 27.4 Å². The summed E-state index contributed by atoms with van der Waals surface area (Å²) in [6.45, 7) is -0.348. The molecule has 2 unspecified atom stereocenters. The zero-order chi connectivity index (χ0) is 30.9. The summed E-state index contributed by atoms with van der Waals surface area (Å²) >= 11 is 0. The number of sulfonamides is 1. The van der Waals surface area contributed by atoms with Crippen LogP contribution in [0.2, 0.25) is 0 Å². The first-order valence-corrected chi connectivity index (χ1v) is 14.1. The highest BCUT2D eigenvalue weighted by Gasteiger charge is 2.51. The third kappa shape index (κ3) is 4.53. The lowest BCUT2D eigenvalue weighted by molar-refractivity contribution is -0.139. The van der Waals surface area contributed by atoms with E-state index in [1.165, 1.54) is 23.1 Å². The van der Waals surface area contributed by atoms with Crippen LogP contribution in [0.5, 0.6) is 17.2 Å². The Kier molecular flexibility index (Phi) is 7.13. The summed E-state index contributed by atoms with van der Waals surface area (Å²) in [6.07, 6.45) is -2.70. The minimum Gasteiger partial charge on any atom is -0.507 e. The van der Waals surface area contributed by atoms with Crippen LogP contribution in [0.1, 0.15) is 62.4 Å². The number of aromatic hydroxyl groups is 2. The molecule has 0 bridgehead atoms. The number of piperazine rings is 1. The Hall–Kier alpha value is -3.57. The van der Waals surface area contributed by atoms with Gasteiger partial charge in [0.2, 0.25) is 5.78 Å². The Morgan fingerprint density at radius 1 is 1.05 bits per heavy atom. The van der Waals surface area contributed by atoms with Gasteiger partial charge in [-0.3, -0.25) is 19.3 Å². The molecule has 0 amide bonds. The predicted octanol–water partition coefficient (Wildman–Crippen LogP) is 0.976. The van der Waals surface area contributed by atoms with Crippen molar-refractivity contribution in [2.45, 2.75) is 37.0 Å². The molecule has 0 saturated carbocycles. The Morgan fingerprint density at radius 2 is 1.67 bits per heavy atom. The Bertz CT molecular complexity index is 1630. The number of carbonyl (C=O) groups excluding carboxylic acids is 3. The van der Waals surface area contributed by atoms with E-state index in [-0.39, 0.29) is 47.8 Å². The molecule has 1 fully saturated rings. The fraction of sp³-hybridized carbons (Fsp3) is 0.423. The third-order valence-corrected chi connectivity index (χ3v) is 9.53. The lowest BCUT2D eigenvalue weighted by atomic mass is 9.72. The first-order chi connectivity index (χ1) is 19.5. The summed E-state index contributed by atoms with van der Waals surface area (Å²) in [7, 11) is -5.48. The molecule has 12 nitrogen and oxygen atoms in total. The van der Waals surface area contributed by atoms with Crippen molar-refractivity contribution in [2.75, 3.05) is 32.9 Å². The van der Waals surface area contributed by atoms with E-state index >= 15 is 0 Å². The molecular weight excluding hydrogens is 589 g/mol. The standard InChI is InChI=1S/C26H25F3N2O10S/c1-12(32)25(38)9-14-17(15(33)10-25)23(36)20-19(22(14)35)21(34)13-3-2-4-16(18(13)24(20)37)41-11-30-5-7-31(8-6-30)42(39,40)26(27,28)29/h2-4,15,33,35-36,38H,5-11H2,1H3. The molecule has 2 atom stereocenters. The normalized spacial score (nSPS) is 23.2. The number of Topliss-reactive ketones (excluding diaryl/α,β-unsaturated/α-hetero) is 1. The van der Waals surface area contributed by atoms with Crippen LogP contribution in [0, 0.1) is 0 Å². The number of halogens is 3. The topological polar surface area (TPSA) is 182 Å². The van der Waals surface area contributed by atoms with Crippen molar-refractivity contribution in [1.29, 1.82) is 0 Å². The smallest absolute Gasteiger partial charge is 0.507 e. The fourth-order valence-electron chi connectivity index (χ4n) is 5.57. The fourth-order valence-corrected chi connectivity index (χ4v) is 6.51. The quantitative estimate of drug-likeness (QED) is 0.301. The maximum atomic E-state index is 13.7. The van der Waals surface area contributed by atoms with E-state index in [1.807, 2.05) is 0 Å². The molecule has 4 N–H and O–H groups in total. The molecule has 0 spiro atoms. The number of carbonyl (C=O) groups is 3. The first kappa shape index (κ1) is 29.9. The second-order valence-electron chi connectivity index (χ2n) is 10.4. The van der Waals surface area contributed by atoms with Crippen molar-refractivity contribution < 1.29 is 61.1 Å².